The van der Waals surface area contributed by atoms with Crippen LogP contribution in [0.15, 0.2) is 84.5 Å². The summed E-state index contributed by atoms with van der Waals surface area (Å²) < 4.78 is 10.9. The molecule has 0 saturated heterocycles. The maximum Gasteiger partial charge on any atom is 0.329 e. The van der Waals surface area contributed by atoms with Crippen molar-refractivity contribution in [2.45, 2.75) is 13.8 Å². The van der Waals surface area contributed by atoms with Gasteiger partial charge >= 0.3 is 11.8 Å². The minimum atomic E-state index is -0.919. The van der Waals surface area contributed by atoms with Crippen LogP contribution in [0, 0.1) is 13.8 Å². The van der Waals surface area contributed by atoms with Gasteiger partial charge in [-0.05, 0) is 79.6 Å². The number of amides is 3. The molecule has 9 heteroatoms. The van der Waals surface area contributed by atoms with E-state index in [0.29, 0.717) is 29.4 Å². The summed E-state index contributed by atoms with van der Waals surface area (Å²) >= 11 is 0. The smallest absolute Gasteiger partial charge is 0.329 e. The van der Waals surface area contributed by atoms with Crippen LogP contribution >= 0.6 is 0 Å². The summed E-state index contributed by atoms with van der Waals surface area (Å²) in [5.74, 6) is -0.936. The molecule has 3 aromatic rings. The van der Waals surface area contributed by atoms with Crippen LogP contribution in [-0.2, 0) is 14.4 Å². The third kappa shape index (κ3) is 8.66. The van der Waals surface area contributed by atoms with E-state index in [1.807, 2.05) is 32.0 Å². The third-order valence-electron chi connectivity index (χ3n) is 4.97. The summed E-state index contributed by atoms with van der Waals surface area (Å²) in [5.41, 5.74) is 6.11. The number of hydrazone groups is 1. The first-order chi connectivity index (χ1) is 17.8. The lowest BCUT2D eigenvalue weighted by atomic mass is 10.1. The molecule has 0 aliphatic carbocycles. The Morgan fingerprint density at radius 1 is 0.865 bits per heavy atom. The number of rotatable bonds is 10. The monoisotopic (exact) mass is 500 g/mol. The number of aryl methyl sites for hydroxylation is 2. The van der Waals surface area contributed by atoms with E-state index in [4.69, 9.17) is 9.47 Å². The van der Waals surface area contributed by atoms with Gasteiger partial charge in [0.1, 0.15) is 18.1 Å². The van der Waals surface area contributed by atoms with Gasteiger partial charge in [-0.15, -0.1) is 0 Å². The first-order valence-corrected chi connectivity index (χ1v) is 11.4. The SMILES string of the molecule is C=CCOc1ccc(NC(=O)C(=O)N/N=C\c2ccc(OCC(=O)Nc3ccc(C)cc3C)cc2)cc1. The molecule has 37 heavy (non-hydrogen) atoms. The normalized spacial score (nSPS) is 10.4. The largest absolute Gasteiger partial charge is 0.490 e. The summed E-state index contributed by atoms with van der Waals surface area (Å²) in [7, 11) is 0. The molecule has 3 aromatic carbocycles. The topological polar surface area (TPSA) is 118 Å². The van der Waals surface area contributed by atoms with Gasteiger partial charge < -0.3 is 20.1 Å². The van der Waals surface area contributed by atoms with Crippen LogP contribution in [0.2, 0.25) is 0 Å². The zero-order valence-electron chi connectivity index (χ0n) is 20.6. The van der Waals surface area contributed by atoms with Crippen molar-refractivity contribution < 1.29 is 23.9 Å². The molecule has 0 radical (unpaired) electrons. The molecular formula is C28H28N4O5. The Bertz CT molecular complexity index is 1280. The minimum Gasteiger partial charge on any atom is -0.490 e. The first kappa shape index (κ1) is 26.7. The molecule has 9 nitrogen and oxygen atoms in total. The molecule has 0 saturated carbocycles. The number of hydrogen-bond donors (Lipinski definition) is 3. The number of nitrogens with zero attached hydrogens (tertiary/aromatic N) is 1. The van der Waals surface area contributed by atoms with Gasteiger partial charge in [0.05, 0.1) is 6.21 Å². The van der Waals surface area contributed by atoms with Crippen LogP contribution in [0.1, 0.15) is 16.7 Å². The standard InChI is InChI=1S/C28H28N4O5/c1-4-15-36-23-12-8-22(9-13-23)30-27(34)28(35)32-29-17-21-6-10-24(11-7-21)37-18-26(33)31-25-14-5-19(2)16-20(25)3/h4-14,16-17H,1,15,18H2,2-3H3,(H,30,34)(H,31,33)(H,32,35)/b29-17-. The van der Waals surface area contributed by atoms with Crippen molar-refractivity contribution >= 4 is 35.3 Å². The van der Waals surface area contributed by atoms with E-state index < -0.39 is 11.8 Å². The van der Waals surface area contributed by atoms with Gasteiger partial charge in [-0.25, -0.2) is 5.43 Å². The van der Waals surface area contributed by atoms with Gasteiger partial charge in [0.2, 0.25) is 0 Å². The number of benzene rings is 3. The fraction of sp³-hybridized carbons (Fsp3) is 0.143. The summed E-state index contributed by atoms with van der Waals surface area (Å²) in [6.07, 6.45) is 3.01. The highest BCUT2D eigenvalue weighted by atomic mass is 16.5. The Kier molecular flexibility index (Phi) is 9.55. The third-order valence-corrected chi connectivity index (χ3v) is 4.97. The minimum absolute atomic E-state index is 0.142. The number of carbonyl (C=O) groups is 3. The maximum atomic E-state index is 12.2. The zero-order chi connectivity index (χ0) is 26.6. The van der Waals surface area contributed by atoms with Crippen molar-refractivity contribution in [1.29, 1.82) is 0 Å². The first-order valence-electron chi connectivity index (χ1n) is 11.4. The van der Waals surface area contributed by atoms with Crippen LogP contribution in [0.4, 0.5) is 11.4 Å². The average molecular weight is 501 g/mol. The van der Waals surface area contributed by atoms with E-state index in [2.05, 4.69) is 27.7 Å². The molecule has 0 atom stereocenters. The summed E-state index contributed by atoms with van der Waals surface area (Å²) in [5, 5.41) is 9.10. The second-order valence-electron chi connectivity index (χ2n) is 8.00. The molecule has 190 valence electrons. The van der Waals surface area contributed by atoms with Gasteiger partial charge in [-0.1, -0.05) is 30.4 Å². The molecule has 0 fully saturated rings. The molecule has 0 heterocycles. The highest BCUT2D eigenvalue weighted by molar-refractivity contribution is 6.39. The summed E-state index contributed by atoms with van der Waals surface area (Å²) in [4.78, 5) is 36.2. The Hall–Kier alpha value is -4.92. The van der Waals surface area contributed by atoms with Gasteiger partial charge in [-0.3, -0.25) is 14.4 Å². The van der Waals surface area contributed by atoms with E-state index in [0.717, 1.165) is 16.8 Å². The van der Waals surface area contributed by atoms with Crippen LogP contribution in [0.25, 0.3) is 0 Å². The Morgan fingerprint density at radius 2 is 1.54 bits per heavy atom. The molecular weight excluding hydrogens is 472 g/mol. The van der Waals surface area contributed by atoms with E-state index >= 15 is 0 Å². The Morgan fingerprint density at radius 3 is 2.22 bits per heavy atom. The second kappa shape index (κ2) is 13.2. The van der Waals surface area contributed by atoms with Gasteiger partial charge in [-0.2, -0.15) is 5.10 Å². The molecule has 0 aliphatic rings. The van der Waals surface area contributed by atoms with Crippen molar-refractivity contribution in [3.05, 3.63) is 96.1 Å². The number of carbonyl (C=O) groups excluding carboxylic acids is 3. The van der Waals surface area contributed by atoms with Crippen LogP contribution < -0.4 is 25.5 Å². The quantitative estimate of drug-likeness (QED) is 0.168. The number of nitrogens with one attached hydrogen (secondary N) is 3. The highest BCUT2D eigenvalue weighted by Crippen LogP contribution is 2.17. The molecule has 3 N–H and O–H groups in total. The maximum absolute atomic E-state index is 12.2. The van der Waals surface area contributed by atoms with Crippen LogP contribution in [0.5, 0.6) is 11.5 Å². The van der Waals surface area contributed by atoms with Crippen LogP contribution in [0.3, 0.4) is 0 Å². The fourth-order valence-corrected chi connectivity index (χ4v) is 3.13. The number of ether oxygens (including phenoxy) is 2. The lowest BCUT2D eigenvalue weighted by molar-refractivity contribution is -0.136. The molecule has 3 amide bonds. The van der Waals surface area contributed by atoms with Gasteiger partial charge in [0.15, 0.2) is 6.61 Å². The van der Waals surface area contributed by atoms with Gasteiger partial charge in [0.25, 0.3) is 5.91 Å². The summed E-state index contributed by atoms with van der Waals surface area (Å²) in [6, 6.07) is 19.1. The lowest BCUT2D eigenvalue weighted by Gasteiger charge is -2.10. The zero-order valence-corrected chi connectivity index (χ0v) is 20.6. The second-order valence-corrected chi connectivity index (χ2v) is 8.00. The molecule has 0 unspecified atom stereocenters. The predicted molar refractivity (Wildman–Crippen MR) is 143 cm³/mol. The van der Waals surface area contributed by atoms with Crippen molar-refractivity contribution in [2.75, 3.05) is 23.8 Å². The van der Waals surface area contributed by atoms with E-state index in [-0.39, 0.29) is 12.5 Å². The Balaban J connectivity index is 1.42. The lowest BCUT2D eigenvalue weighted by Crippen LogP contribution is -2.32. The molecule has 0 bridgehead atoms. The molecule has 0 aliphatic heterocycles. The molecule has 0 spiro atoms. The summed E-state index contributed by atoms with van der Waals surface area (Å²) in [6.45, 7) is 7.72. The van der Waals surface area contributed by atoms with Crippen molar-refractivity contribution in [2.24, 2.45) is 5.10 Å². The van der Waals surface area contributed by atoms with Crippen molar-refractivity contribution in [3.63, 3.8) is 0 Å². The molecule has 3 rings (SSSR count). The van der Waals surface area contributed by atoms with Crippen molar-refractivity contribution in [3.8, 4) is 11.5 Å². The highest BCUT2D eigenvalue weighted by Gasteiger charge is 2.13. The van der Waals surface area contributed by atoms with Crippen LogP contribution in [-0.4, -0.2) is 37.1 Å². The van der Waals surface area contributed by atoms with E-state index in [1.54, 1.807) is 54.6 Å². The van der Waals surface area contributed by atoms with Gasteiger partial charge in [0, 0.05) is 11.4 Å². The number of hydrogen-bond acceptors (Lipinski definition) is 6. The average Bonchev–Trinajstić information content (AvgIpc) is 2.89. The fourth-order valence-electron chi connectivity index (χ4n) is 3.13. The number of anilines is 2. The van der Waals surface area contributed by atoms with E-state index in [9.17, 15) is 14.4 Å². The molecule has 0 aromatic heterocycles. The predicted octanol–water partition coefficient (Wildman–Crippen LogP) is 3.97. The van der Waals surface area contributed by atoms with E-state index in [1.165, 1.54) is 6.21 Å². The Labute approximate surface area is 215 Å². The van der Waals surface area contributed by atoms with Crippen molar-refractivity contribution in [1.82, 2.24) is 5.43 Å².